The molecule has 0 unspecified atom stereocenters. The van der Waals surface area contributed by atoms with Gasteiger partial charge in [0.15, 0.2) is 5.78 Å². The van der Waals surface area contributed by atoms with Crippen molar-refractivity contribution in [1.82, 2.24) is 0 Å². The number of rotatable bonds is 4. The quantitative estimate of drug-likeness (QED) is 0.555. The summed E-state index contributed by atoms with van der Waals surface area (Å²) in [6.45, 7) is 18.4. The summed E-state index contributed by atoms with van der Waals surface area (Å²) >= 11 is 0. The van der Waals surface area contributed by atoms with Crippen LogP contribution in [0.25, 0.3) is 5.57 Å². The minimum Gasteiger partial charge on any atom is -0.543 e. The van der Waals surface area contributed by atoms with Crippen LogP contribution in [0.4, 0.5) is 0 Å². The van der Waals surface area contributed by atoms with E-state index in [1.54, 1.807) is 6.92 Å². The van der Waals surface area contributed by atoms with Gasteiger partial charge >= 0.3 is 0 Å². The van der Waals surface area contributed by atoms with Crippen LogP contribution in [-0.2, 0) is 0 Å². The van der Waals surface area contributed by atoms with Crippen molar-refractivity contribution in [2.45, 2.75) is 52.8 Å². The summed E-state index contributed by atoms with van der Waals surface area (Å²) in [7, 11) is -1.96. The number of hydrogen-bond donors (Lipinski definition) is 0. The third kappa shape index (κ3) is 3.40. The van der Waals surface area contributed by atoms with Crippen LogP contribution in [-0.4, -0.2) is 14.1 Å². The summed E-state index contributed by atoms with van der Waals surface area (Å²) in [6, 6.07) is 5.75. The highest BCUT2D eigenvalue weighted by Gasteiger charge is 2.39. The Bertz CT molecular complexity index is 536. The molecule has 3 heteroatoms. The van der Waals surface area contributed by atoms with Gasteiger partial charge in [-0.05, 0) is 43.6 Å². The molecule has 0 N–H and O–H groups in total. The predicted octanol–water partition coefficient (Wildman–Crippen LogP) is 5.31. The maximum Gasteiger partial charge on any atom is 0.250 e. The van der Waals surface area contributed by atoms with Gasteiger partial charge in [0.25, 0.3) is 8.32 Å². The van der Waals surface area contributed by atoms with Crippen molar-refractivity contribution in [2.24, 2.45) is 0 Å². The van der Waals surface area contributed by atoms with E-state index in [4.69, 9.17) is 4.43 Å². The number of ketones is 1. The lowest BCUT2D eigenvalue weighted by Gasteiger charge is -2.37. The third-order valence-corrected chi connectivity index (χ3v) is 8.35. The lowest BCUT2D eigenvalue weighted by atomic mass is 9.98. The first-order valence-electron chi connectivity index (χ1n) is 6.96. The molecule has 1 rings (SSSR count). The smallest absolute Gasteiger partial charge is 0.250 e. The molecule has 0 saturated carbocycles. The Hall–Kier alpha value is -1.35. The fraction of sp³-hybridized carbons (Fsp3) is 0.471. The Morgan fingerprint density at radius 1 is 1.20 bits per heavy atom. The molecular formula is C17H26O2Si. The Morgan fingerprint density at radius 3 is 2.15 bits per heavy atom. The Balaban J connectivity index is 3.37. The van der Waals surface area contributed by atoms with Crippen LogP contribution in [0, 0.1) is 0 Å². The van der Waals surface area contributed by atoms with Crippen molar-refractivity contribution >= 4 is 19.7 Å². The lowest BCUT2D eigenvalue weighted by Crippen LogP contribution is -2.44. The van der Waals surface area contributed by atoms with Gasteiger partial charge in [-0.25, -0.2) is 0 Å². The first kappa shape index (κ1) is 16.7. The topological polar surface area (TPSA) is 26.3 Å². The average Bonchev–Trinajstić information content (AvgIpc) is 2.25. The van der Waals surface area contributed by atoms with Crippen molar-refractivity contribution in [1.29, 1.82) is 0 Å². The maximum absolute atomic E-state index is 12.0. The number of carbonyl (C=O) groups is 1. The van der Waals surface area contributed by atoms with Gasteiger partial charge in [0.1, 0.15) is 5.75 Å². The van der Waals surface area contributed by atoms with E-state index in [1.807, 2.05) is 25.1 Å². The van der Waals surface area contributed by atoms with E-state index in [1.165, 1.54) is 0 Å². The number of hydrogen-bond acceptors (Lipinski definition) is 2. The summed E-state index contributed by atoms with van der Waals surface area (Å²) in [5.74, 6) is 0.724. The predicted molar refractivity (Wildman–Crippen MR) is 89.0 cm³/mol. The largest absolute Gasteiger partial charge is 0.543 e. The van der Waals surface area contributed by atoms with E-state index in [0.29, 0.717) is 11.3 Å². The van der Waals surface area contributed by atoms with Crippen LogP contribution < -0.4 is 4.43 Å². The monoisotopic (exact) mass is 290 g/mol. The lowest BCUT2D eigenvalue weighted by molar-refractivity contribution is 0.101. The molecule has 0 radical (unpaired) electrons. The van der Waals surface area contributed by atoms with Crippen LogP contribution in [0.2, 0.25) is 18.1 Å². The molecule has 110 valence electrons. The van der Waals surface area contributed by atoms with Crippen LogP contribution in [0.15, 0.2) is 24.8 Å². The van der Waals surface area contributed by atoms with Gasteiger partial charge in [-0.1, -0.05) is 45.1 Å². The zero-order valence-corrected chi connectivity index (χ0v) is 14.8. The fourth-order valence-electron chi connectivity index (χ4n) is 1.76. The van der Waals surface area contributed by atoms with Gasteiger partial charge in [0.2, 0.25) is 0 Å². The van der Waals surface area contributed by atoms with Crippen LogP contribution in [0.5, 0.6) is 5.75 Å². The molecule has 0 aliphatic rings. The molecule has 0 aromatic heterocycles. The number of carbonyl (C=O) groups excluding carboxylic acids is 1. The molecule has 1 aromatic carbocycles. The highest BCUT2D eigenvalue weighted by atomic mass is 28.4. The van der Waals surface area contributed by atoms with E-state index < -0.39 is 8.32 Å². The molecule has 1 aromatic rings. The second-order valence-electron chi connectivity index (χ2n) is 6.88. The van der Waals surface area contributed by atoms with Gasteiger partial charge in [-0.2, -0.15) is 0 Å². The molecule has 0 atom stereocenters. The van der Waals surface area contributed by atoms with Crippen molar-refractivity contribution in [3.05, 3.63) is 35.9 Å². The fourth-order valence-corrected chi connectivity index (χ4v) is 2.79. The van der Waals surface area contributed by atoms with E-state index >= 15 is 0 Å². The number of Topliss-reactive ketones (excluding diaryl/α,β-unsaturated/α-hetero) is 1. The summed E-state index contributed by atoms with van der Waals surface area (Å²) in [4.78, 5) is 12.0. The summed E-state index contributed by atoms with van der Waals surface area (Å²) in [5.41, 5.74) is 2.43. The molecule has 0 heterocycles. The zero-order valence-electron chi connectivity index (χ0n) is 13.8. The Morgan fingerprint density at radius 2 is 1.75 bits per heavy atom. The molecule has 0 saturated heterocycles. The van der Waals surface area contributed by atoms with Crippen molar-refractivity contribution in [2.75, 3.05) is 0 Å². The molecular weight excluding hydrogens is 264 g/mol. The molecule has 0 spiro atoms. The van der Waals surface area contributed by atoms with Crippen LogP contribution in [0.3, 0.4) is 0 Å². The highest BCUT2D eigenvalue weighted by molar-refractivity contribution is 6.74. The standard InChI is InChI=1S/C17H26O2Si/c1-12(2)14-10-9-11-15(16(14)13(3)18)19-20(7,8)17(4,5)6/h9-11H,1H2,2-8H3. The van der Waals surface area contributed by atoms with E-state index in [-0.39, 0.29) is 10.8 Å². The Labute approximate surface area is 124 Å². The van der Waals surface area contributed by atoms with E-state index in [9.17, 15) is 4.79 Å². The SMILES string of the molecule is C=C(C)c1cccc(O[Si](C)(C)C(C)(C)C)c1C(C)=O. The third-order valence-electron chi connectivity index (χ3n) is 4.01. The van der Waals surface area contributed by atoms with Gasteiger partial charge < -0.3 is 4.43 Å². The molecule has 2 nitrogen and oxygen atoms in total. The average molecular weight is 290 g/mol. The summed E-state index contributed by atoms with van der Waals surface area (Å²) in [5, 5.41) is 0.0975. The molecule has 20 heavy (non-hydrogen) atoms. The molecule has 0 aliphatic heterocycles. The van der Waals surface area contributed by atoms with Crippen molar-refractivity contribution in [3.8, 4) is 5.75 Å². The normalized spacial score (nSPS) is 12.2. The van der Waals surface area contributed by atoms with Crippen LogP contribution >= 0.6 is 0 Å². The minimum absolute atomic E-state index is 0.0253. The minimum atomic E-state index is -1.96. The number of benzene rings is 1. The second kappa shape index (κ2) is 5.56. The van der Waals surface area contributed by atoms with Gasteiger partial charge in [-0.3, -0.25) is 4.79 Å². The first-order chi connectivity index (χ1) is 8.97. The second-order valence-corrected chi connectivity index (χ2v) is 11.6. The molecule has 0 fully saturated rings. The first-order valence-corrected chi connectivity index (χ1v) is 9.87. The number of allylic oxidation sites excluding steroid dienone is 1. The van der Waals surface area contributed by atoms with Gasteiger partial charge in [0, 0.05) is 0 Å². The van der Waals surface area contributed by atoms with Gasteiger partial charge in [0.05, 0.1) is 5.56 Å². The van der Waals surface area contributed by atoms with Crippen LogP contribution in [0.1, 0.15) is 50.5 Å². The summed E-state index contributed by atoms with van der Waals surface area (Å²) in [6.07, 6.45) is 0. The molecule has 0 amide bonds. The highest BCUT2D eigenvalue weighted by Crippen LogP contribution is 2.39. The van der Waals surface area contributed by atoms with Crippen molar-refractivity contribution in [3.63, 3.8) is 0 Å². The molecule has 0 bridgehead atoms. The Kier molecular flexibility index (Phi) is 4.65. The van der Waals surface area contributed by atoms with Gasteiger partial charge in [-0.15, -0.1) is 0 Å². The van der Waals surface area contributed by atoms with E-state index in [0.717, 1.165) is 11.1 Å². The van der Waals surface area contributed by atoms with Crippen molar-refractivity contribution < 1.29 is 9.22 Å². The van der Waals surface area contributed by atoms with E-state index in [2.05, 4.69) is 40.4 Å². The zero-order chi connectivity index (χ0) is 15.7. The molecule has 0 aliphatic carbocycles. The summed E-state index contributed by atoms with van der Waals surface area (Å²) < 4.78 is 6.33. The maximum atomic E-state index is 12.0.